The zero-order chi connectivity index (χ0) is 17.4. The Morgan fingerprint density at radius 3 is 2.68 bits per heavy atom. The summed E-state index contributed by atoms with van der Waals surface area (Å²) in [6.07, 6.45) is 3.79. The molecule has 3 heterocycles. The summed E-state index contributed by atoms with van der Waals surface area (Å²) in [7, 11) is 0. The lowest BCUT2D eigenvalue weighted by molar-refractivity contribution is 0.198. The van der Waals surface area contributed by atoms with Crippen LogP contribution < -0.4 is 10.2 Å². The molecule has 0 spiro atoms. The second kappa shape index (κ2) is 6.81. The van der Waals surface area contributed by atoms with Gasteiger partial charge in [0.15, 0.2) is 0 Å². The molecule has 0 saturated carbocycles. The second-order valence-corrected chi connectivity index (χ2v) is 8.13. The lowest BCUT2D eigenvalue weighted by Gasteiger charge is -2.33. The van der Waals surface area contributed by atoms with Crippen LogP contribution in [-0.2, 0) is 0 Å². The molecular formula is C20H24N2O2S. The van der Waals surface area contributed by atoms with Gasteiger partial charge in [-0.05, 0) is 66.5 Å². The minimum Gasteiger partial charge on any atom is -0.465 e. The van der Waals surface area contributed by atoms with Crippen LogP contribution in [-0.4, -0.2) is 29.8 Å². The molecule has 5 heteroatoms. The topological polar surface area (TPSA) is 52.6 Å². The first-order valence-electron chi connectivity index (χ1n) is 9.00. The van der Waals surface area contributed by atoms with Crippen LogP contribution in [0.25, 0.3) is 11.1 Å². The van der Waals surface area contributed by atoms with Crippen molar-refractivity contribution in [1.82, 2.24) is 5.32 Å². The van der Waals surface area contributed by atoms with Gasteiger partial charge in [0.2, 0.25) is 0 Å². The van der Waals surface area contributed by atoms with E-state index in [1.54, 1.807) is 16.2 Å². The van der Waals surface area contributed by atoms with Crippen molar-refractivity contribution in [3.05, 3.63) is 40.6 Å². The van der Waals surface area contributed by atoms with Crippen molar-refractivity contribution in [2.45, 2.75) is 44.7 Å². The number of fused-ring (bicyclic) bond motifs is 2. The summed E-state index contributed by atoms with van der Waals surface area (Å²) in [5.41, 5.74) is 3.98. The summed E-state index contributed by atoms with van der Waals surface area (Å²) in [4.78, 5) is 13.7. The monoisotopic (exact) mass is 356 g/mol. The summed E-state index contributed by atoms with van der Waals surface area (Å²) in [6.45, 7) is 2.60. The number of benzene rings is 1. The van der Waals surface area contributed by atoms with E-state index >= 15 is 0 Å². The number of hydrogen-bond acceptors (Lipinski definition) is 3. The number of para-hydroxylation sites is 1. The maximum absolute atomic E-state index is 12.1. The smallest absolute Gasteiger partial charge is 0.411 e. The van der Waals surface area contributed by atoms with Crippen molar-refractivity contribution in [2.24, 2.45) is 5.92 Å². The lowest BCUT2D eigenvalue weighted by atomic mass is 9.91. The van der Waals surface area contributed by atoms with Crippen LogP contribution in [0.1, 0.15) is 31.2 Å². The quantitative estimate of drug-likeness (QED) is 0.832. The SMILES string of the molecule is Cc1cccc(-c2ccsc2)c1N(CC1C[C@H]2CC[C@@H](C1)N2)C(=O)O. The predicted octanol–water partition coefficient (Wildman–Crippen LogP) is 4.74. The summed E-state index contributed by atoms with van der Waals surface area (Å²) >= 11 is 1.64. The van der Waals surface area contributed by atoms with Crippen LogP contribution in [0.3, 0.4) is 0 Å². The molecule has 0 radical (unpaired) electrons. The number of anilines is 1. The number of hydrogen-bond donors (Lipinski definition) is 2. The van der Waals surface area contributed by atoms with Gasteiger partial charge < -0.3 is 10.4 Å². The molecule has 2 aromatic rings. The van der Waals surface area contributed by atoms with E-state index in [1.807, 2.05) is 30.5 Å². The Morgan fingerprint density at radius 2 is 2.04 bits per heavy atom. The number of piperidine rings is 1. The van der Waals surface area contributed by atoms with Gasteiger partial charge in [0.25, 0.3) is 0 Å². The minimum atomic E-state index is -0.850. The molecule has 2 N–H and O–H groups in total. The van der Waals surface area contributed by atoms with E-state index in [9.17, 15) is 9.90 Å². The third kappa shape index (κ3) is 3.31. The Kier molecular flexibility index (Phi) is 4.52. The summed E-state index contributed by atoms with van der Waals surface area (Å²) in [5, 5.41) is 17.7. The van der Waals surface area contributed by atoms with Gasteiger partial charge in [-0.2, -0.15) is 11.3 Å². The van der Waals surface area contributed by atoms with E-state index in [-0.39, 0.29) is 0 Å². The molecule has 1 aromatic carbocycles. The predicted molar refractivity (Wildman–Crippen MR) is 103 cm³/mol. The molecule has 2 fully saturated rings. The first kappa shape index (κ1) is 16.6. The summed E-state index contributed by atoms with van der Waals surface area (Å²) in [5.74, 6) is 0.435. The molecule has 1 aromatic heterocycles. The zero-order valence-electron chi connectivity index (χ0n) is 14.4. The van der Waals surface area contributed by atoms with E-state index < -0.39 is 6.09 Å². The van der Waals surface area contributed by atoms with Gasteiger partial charge in [0.05, 0.1) is 5.69 Å². The zero-order valence-corrected chi connectivity index (χ0v) is 15.3. The van der Waals surface area contributed by atoms with E-state index in [1.165, 1.54) is 12.8 Å². The van der Waals surface area contributed by atoms with Gasteiger partial charge in [-0.25, -0.2) is 4.79 Å². The first-order chi connectivity index (χ1) is 12.1. The van der Waals surface area contributed by atoms with Gasteiger partial charge in [-0.3, -0.25) is 4.90 Å². The van der Waals surface area contributed by atoms with Crippen molar-refractivity contribution in [2.75, 3.05) is 11.4 Å². The van der Waals surface area contributed by atoms with Gasteiger partial charge in [0, 0.05) is 24.2 Å². The average molecular weight is 356 g/mol. The number of nitrogens with zero attached hydrogens (tertiary/aromatic N) is 1. The Hall–Kier alpha value is -1.85. The number of aryl methyl sites for hydroxylation is 1. The number of rotatable bonds is 4. The lowest BCUT2D eigenvalue weighted by Crippen LogP contribution is -2.43. The number of carbonyl (C=O) groups is 1. The second-order valence-electron chi connectivity index (χ2n) is 7.35. The van der Waals surface area contributed by atoms with Gasteiger partial charge >= 0.3 is 6.09 Å². The molecule has 1 unspecified atom stereocenters. The van der Waals surface area contributed by atoms with Crippen LogP contribution in [0.4, 0.5) is 10.5 Å². The Balaban J connectivity index is 1.66. The van der Waals surface area contributed by atoms with Crippen molar-refractivity contribution in [3.63, 3.8) is 0 Å². The Bertz CT molecular complexity index is 747. The minimum absolute atomic E-state index is 0.435. The van der Waals surface area contributed by atoms with E-state index in [0.29, 0.717) is 24.5 Å². The highest BCUT2D eigenvalue weighted by molar-refractivity contribution is 7.08. The Labute approximate surface area is 152 Å². The van der Waals surface area contributed by atoms with Crippen LogP contribution in [0.15, 0.2) is 35.0 Å². The highest BCUT2D eigenvalue weighted by Crippen LogP contribution is 2.37. The van der Waals surface area contributed by atoms with Gasteiger partial charge in [-0.15, -0.1) is 0 Å². The number of carboxylic acid groups (broad SMARTS) is 1. The fraction of sp³-hybridized carbons (Fsp3) is 0.450. The highest BCUT2D eigenvalue weighted by Gasteiger charge is 2.35. The Morgan fingerprint density at radius 1 is 1.28 bits per heavy atom. The molecule has 2 saturated heterocycles. The molecule has 1 amide bonds. The molecule has 4 rings (SSSR count). The van der Waals surface area contributed by atoms with Crippen LogP contribution in [0.5, 0.6) is 0 Å². The maximum Gasteiger partial charge on any atom is 0.411 e. The number of amides is 1. The normalized spacial score (nSPS) is 25.1. The number of thiophene rings is 1. The van der Waals surface area contributed by atoms with Crippen molar-refractivity contribution >= 4 is 23.1 Å². The standard InChI is InChI=1S/C20H24N2O2S/c1-13-3-2-4-18(15-7-8-25-12-15)19(13)22(20(23)24)11-14-9-16-5-6-17(10-14)21-16/h2-4,7-8,12,14,16-17,21H,5-6,9-11H2,1H3,(H,23,24)/t14?,16-,17+. The number of nitrogens with one attached hydrogen (secondary N) is 1. The molecule has 4 nitrogen and oxygen atoms in total. The summed E-state index contributed by atoms with van der Waals surface area (Å²) < 4.78 is 0. The van der Waals surface area contributed by atoms with E-state index in [0.717, 1.165) is 35.2 Å². The van der Waals surface area contributed by atoms with Gasteiger partial charge in [-0.1, -0.05) is 18.2 Å². The summed E-state index contributed by atoms with van der Waals surface area (Å²) in [6, 6.07) is 9.27. The fourth-order valence-electron chi connectivity index (χ4n) is 4.52. The molecule has 0 aliphatic carbocycles. The van der Waals surface area contributed by atoms with Crippen molar-refractivity contribution in [3.8, 4) is 11.1 Å². The average Bonchev–Trinajstić information content (AvgIpc) is 3.22. The third-order valence-corrected chi connectivity index (χ3v) is 6.27. The fourth-order valence-corrected chi connectivity index (χ4v) is 5.17. The van der Waals surface area contributed by atoms with Crippen LogP contribution in [0.2, 0.25) is 0 Å². The maximum atomic E-state index is 12.1. The molecule has 2 aliphatic rings. The highest BCUT2D eigenvalue weighted by atomic mass is 32.1. The molecule has 2 aliphatic heterocycles. The molecule has 3 atom stereocenters. The molecule has 132 valence electrons. The van der Waals surface area contributed by atoms with Crippen molar-refractivity contribution in [1.29, 1.82) is 0 Å². The van der Waals surface area contributed by atoms with Crippen molar-refractivity contribution < 1.29 is 9.90 Å². The van der Waals surface area contributed by atoms with Gasteiger partial charge in [0.1, 0.15) is 0 Å². The third-order valence-electron chi connectivity index (χ3n) is 5.58. The van der Waals surface area contributed by atoms with E-state index in [2.05, 4.69) is 16.8 Å². The molecular weight excluding hydrogens is 332 g/mol. The largest absolute Gasteiger partial charge is 0.465 e. The van der Waals surface area contributed by atoms with Crippen LogP contribution >= 0.6 is 11.3 Å². The van der Waals surface area contributed by atoms with Crippen LogP contribution in [0, 0.1) is 12.8 Å². The molecule has 2 bridgehead atoms. The first-order valence-corrected chi connectivity index (χ1v) is 9.95. The molecule has 25 heavy (non-hydrogen) atoms. The van der Waals surface area contributed by atoms with E-state index in [4.69, 9.17) is 0 Å².